The number of carbonyl (C=O) groups is 1. The van der Waals surface area contributed by atoms with Crippen LogP contribution in [-0.4, -0.2) is 62.7 Å². The summed E-state index contributed by atoms with van der Waals surface area (Å²) in [5.41, 5.74) is 2.30. The Morgan fingerprint density at radius 3 is 2.68 bits per heavy atom. The van der Waals surface area contributed by atoms with E-state index in [4.69, 9.17) is 0 Å². The van der Waals surface area contributed by atoms with Crippen LogP contribution in [0.2, 0.25) is 0 Å². The highest BCUT2D eigenvalue weighted by atomic mass is 16.2. The molecule has 0 radical (unpaired) electrons. The quantitative estimate of drug-likeness (QED) is 0.860. The Hall–Kier alpha value is -2.21. The molecule has 2 aliphatic rings. The zero-order valence-corrected chi connectivity index (χ0v) is 14.9. The van der Waals surface area contributed by atoms with Gasteiger partial charge in [-0.25, -0.2) is 0 Å². The minimum atomic E-state index is 0.106. The Morgan fingerprint density at radius 1 is 1.16 bits per heavy atom. The van der Waals surface area contributed by atoms with Gasteiger partial charge in [-0.2, -0.15) is 5.10 Å². The Labute approximate surface area is 148 Å². The second-order valence-corrected chi connectivity index (χ2v) is 7.21. The van der Waals surface area contributed by atoms with Crippen molar-refractivity contribution in [3.05, 3.63) is 36.3 Å². The van der Waals surface area contributed by atoms with Crippen LogP contribution in [0.5, 0.6) is 0 Å². The van der Waals surface area contributed by atoms with E-state index in [1.165, 1.54) is 12.8 Å². The van der Waals surface area contributed by atoms with Gasteiger partial charge in [-0.05, 0) is 51.4 Å². The maximum absolute atomic E-state index is 13.4. The summed E-state index contributed by atoms with van der Waals surface area (Å²) < 4.78 is 1.72. The highest BCUT2D eigenvalue weighted by Gasteiger charge is 2.39. The van der Waals surface area contributed by atoms with E-state index < -0.39 is 0 Å². The summed E-state index contributed by atoms with van der Waals surface area (Å²) in [7, 11) is 4.05. The smallest absolute Gasteiger partial charge is 0.258 e. The standard InChI is InChI=1S/C19H25N5O/c1-22-10-4-7-16(22)17-8-5-11-24(17)19(25)15-13-23(2)21-18(15)14-6-3-9-20-12-14/h3,6,9,12-13,16-17H,4-5,7-8,10-11H2,1-2H3. The first kappa shape index (κ1) is 16.3. The molecule has 0 aromatic carbocycles. The van der Waals surface area contributed by atoms with Gasteiger partial charge in [0.15, 0.2) is 0 Å². The number of rotatable bonds is 3. The van der Waals surface area contributed by atoms with E-state index in [0.29, 0.717) is 17.6 Å². The molecule has 25 heavy (non-hydrogen) atoms. The molecule has 0 aliphatic carbocycles. The molecule has 2 fully saturated rings. The topological polar surface area (TPSA) is 54.3 Å². The van der Waals surface area contributed by atoms with E-state index in [1.54, 1.807) is 17.1 Å². The van der Waals surface area contributed by atoms with E-state index in [2.05, 4.69) is 26.9 Å². The molecular weight excluding hydrogens is 314 g/mol. The third-order valence-electron chi connectivity index (χ3n) is 5.58. The van der Waals surface area contributed by atoms with Crippen LogP contribution in [0.1, 0.15) is 36.0 Å². The van der Waals surface area contributed by atoms with Crippen LogP contribution >= 0.6 is 0 Å². The van der Waals surface area contributed by atoms with Gasteiger partial charge in [-0.15, -0.1) is 0 Å². The van der Waals surface area contributed by atoms with Gasteiger partial charge in [0, 0.05) is 49.8 Å². The lowest BCUT2D eigenvalue weighted by Gasteiger charge is -2.33. The van der Waals surface area contributed by atoms with Crippen LogP contribution in [0, 0.1) is 0 Å². The number of aromatic nitrogens is 3. The maximum atomic E-state index is 13.4. The Balaban J connectivity index is 1.65. The number of hydrogen-bond acceptors (Lipinski definition) is 4. The Morgan fingerprint density at radius 2 is 1.96 bits per heavy atom. The lowest BCUT2D eigenvalue weighted by atomic mass is 10.0. The summed E-state index contributed by atoms with van der Waals surface area (Å²) in [5, 5.41) is 4.53. The van der Waals surface area contributed by atoms with E-state index in [-0.39, 0.29) is 5.91 Å². The molecule has 4 rings (SSSR count). The fraction of sp³-hybridized carbons (Fsp3) is 0.526. The number of likely N-dealkylation sites (N-methyl/N-ethyl adjacent to an activating group) is 1. The van der Waals surface area contributed by atoms with Crippen molar-refractivity contribution in [2.24, 2.45) is 7.05 Å². The predicted molar refractivity (Wildman–Crippen MR) is 96.1 cm³/mol. The van der Waals surface area contributed by atoms with Gasteiger partial charge >= 0.3 is 0 Å². The number of pyridine rings is 1. The SMILES string of the molecule is CN1CCCC1C1CCCN1C(=O)c1cn(C)nc1-c1cccnc1. The third-order valence-corrected chi connectivity index (χ3v) is 5.58. The molecule has 0 bridgehead atoms. The maximum Gasteiger partial charge on any atom is 0.258 e. The molecule has 6 heteroatoms. The molecule has 4 heterocycles. The summed E-state index contributed by atoms with van der Waals surface area (Å²) in [6, 6.07) is 4.65. The summed E-state index contributed by atoms with van der Waals surface area (Å²) in [6.45, 7) is 1.98. The van der Waals surface area contributed by atoms with Crippen LogP contribution in [0.3, 0.4) is 0 Å². The number of carbonyl (C=O) groups excluding carboxylic acids is 1. The Kier molecular flexibility index (Phi) is 4.29. The molecule has 0 saturated carbocycles. The van der Waals surface area contributed by atoms with Crippen LogP contribution in [0.25, 0.3) is 11.3 Å². The van der Waals surface area contributed by atoms with E-state index in [9.17, 15) is 4.79 Å². The molecule has 132 valence electrons. The van der Waals surface area contributed by atoms with Crippen molar-refractivity contribution >= 4 is 5.91 Å². The average Bonchev–Trinajstić information content (AvgIpc) is 3.34. The van der Waals surface area contributed by atoms with Gasteiger partial charge in [0.05, 0.1) is 5.56 Å². The largest absolute Gasteiger partial charge is 0.334 e. The van der Waals surface area contributed by atoms with Crippen LogP contribution < -0.4 is 0 Å². The fourth-order valence-corrected chi connectivity index (χ4v) is 4.38. The highest BCUT2D eigenvalue weighted by Crippen LogP contribution is 2.31. The van der Waals surface area contributed by atoms with Crippen molar-refractivity contribution in [1.29, 1.82) is 0 Å². The molecule has 2 unspecified atom stereocenters. The molecule has 2 aromatic rings. The van der Waals surface area contributed by atoms with E-state index in [0.717, 1.165) is 37.2 Å². The lowest BCUT2D eigenvalue weighted by Crippen LogP contribution is -2.47. The summed E-state index contributed by atoms with van der Waals surface area (Å²) in [6.07, 6.45) is 9.96. The molecule has 1 amide bonds. The Bertz CT molecular complexity index is 756. The average molecular weight is 339 g/mol. The minimum Gasteiger partial charge on any atom is -0.334 e. The number of aryl methyl sites for hydroxylation is 1. The zero-order chi connectivity index (χ0) is 17.4. The van der Waals surface area contributed by atoms with Crippen LogP contribution in [-0.2, 0) is 7.05 Å². The first-order valence-corrected chi connectivity index (χ1v) is 9.10. The molecule has 0 N–H and O–H groups in total. The number of likely N-dealkylation sites (tertiary alicyclic amines) is 2. The van der Waals surface area contributed by atoms with Gasteiger partial charge in [0.25, 0.3) is 5.91 Å². The highest BCUT2D eigenvalue weighted by molar-refractivity contribution is 6.00. The van der Waals surface area contributed by atoms with Crippen molar-refractivity contribution in [1.82, 2.24) is 24.6 Å². The molecule has 6 nitrogen and oxygen atoms in total. The van der Waals surface area contributed by atoms with E-state index >= 15 is 0 Å². The van der Waals surface area contributed by atoms with Crippen molar-refractivity contribution < 1.29 is 4.79 Å². The number of nitrogens with zero attached hydrogens (tertiary/aromatic N) is 5. The zero-order valence-electron chi connectivity index (χ0n) is 14.9. The second-order valence-electron chi connectivity index (χ2n) is 7.21. The molecule has 2 aliphatic heterocycles. The van der Waals surface area contributed by atoms with Crippen molar-refractivity contribution in [3.63, 3.8) is 0 Å². The van der Waals surface area contributed by atoms with Crippen molar-refractivity contribution in [2.75, 3.05) is 20.1 Å². The van der Waals surface area contributed by atoms with Gasteiger partial charge in [-0.1, -0.05) is 0 Å². The summed E-state index contributed by atoms with van der Waals surface area (Å²) in [5.74, 6) is 0.106. The van der Waals surface area contributed by atoms with Gasteiger partial charge in [0.1, 0.15) is 5.69 Å². The molecule has 2 saturated heterocycles. The number of hydrogen-bond donors (Lipinski definition) is 0. The summed E-state index contributed by atoms with van der Waals surface area (Å²) >= 11 is 0. The molecular formula is C19H25N5O. The monoisotopic (exact) mass is 339 g/mol. The normalized spacial score (nSPS) is 24.2. The van der Waals surface area contributed by atoms with Gasteiger partial charge in [0.2, 0.25) is 0 Å². The first-order chi connectivity index (χ1) is 12.1. The predicted octanol–water partition coefficient (Wildman–Crippen LogP) is 2.18. The molecule has 2 atom stereocenters. The van der Waals surface area contributed by atoms with Crippen molar-refractivity contribution in [2.45, 2.75) is 37.8 Å². The molecule has 2 aromatic heterocycles. The first-order valence-electron chi connectivity index (χ1n) is 9.10. The number of amides is 1. The van der Waals surface area contributed by atoms with Crippen LogP contribution in [0.4, 0.5) is 0 Å². The fourth-order valence-electron chi connectivity index (χ4n) is 4.38. The van der Waals surface area contributed by atoms with Gasteiger partial charge in [-0.3, -0.25) is 14.5 Å². The van der Waals surface area contributed by atoms with Gasteiger partial charge < -0.3 is 9.80 Å². The lowest BCUT2D eigenvalue weighted by molar-refractivity contribution is 0.0665. The second kappa shape index (κ2) is 6.59. The minimum absolute atomic E-state index is 0.106. The summed E-state index contributed by atoms with van der Waals surface area (Å²) in [4.78, 5) is 22.0. The van der Waals surface area contributed by atoms with E-state index in [1.807, 2.05) is 25.4 Å². The van der Waals surface area contributed by atoms with Crippen LogP contribution in [0.15, 0.2) is 30.7 Å². The molecule has 0 spiro atoms. The third kappa shape index (κ3) is 2.95. The van der Waals surface area contributed by atoms with Crippen molar-refractivity contribution in [3.8, 4) is 11.3 Å².